The lowest BCUT2D eigenvalue weighted by Crippen LogP contribution is -2.50. The molecular formula is C20H29BrN2O5S. The Morgan fingerprint density at radius 3 is 2.69 bits per heavy atom. The number of ether oxygens (including phenoxy) is 1. The van der Waals surface area contributed by atoms with Crippen LogP contribution in [0.1, 0.15) is 33.1 Å². The van der Waals surface area contributed by atoms with Gasteiger partial charge in [-0.25, -0.2) is 8.42 Å². The van der Waals surface area contributed by atoms with Gasteiger partial charge in [-0.15, -0.1) is 0 Å². The molecule has 1 amide bonds. The summed E-state index contributed by atoms with van der Waals surface area (Å²) in [7, 11) is -2.05. The van der Waals surface area contributed by atoms with E-state index in [0.717, 1.165) is 19.3 Å². The van der Waals surface area contributed by atoms with Gasteiger partial charge in [-0.3, -0.25) is 4.79 Å². The van der Waals surface area contributed by atoms with Gasteiger partial charge in [-0.1, -0.05) is 29.3 Å². The van der Waals surface area contributed by atoms with Crippen molar-refractivity contribution in [3.63, 3.8) is 0 Å². The Balaban J connectivity index is 1.95. The molecule has 0 saturated heterocycles. The third-order valence-corrected chi connectivity index (χ3v) is 8.43. The van der Waals surface area contributed by atoms with E-state index in [1.165, 1.54) is 10.4 Å². The number of amides is 1. The van der Waals surface area contributed by atoms with E-state index in [2.05, 4.69) is 15.9 Å². The van der Waals surface area contributed by atoms with Crippen molar-refractivity contribution in [2.45, 2.75) is 50.2 Å². The zero-order valence-corrected chi connectivity index (χ0v) is 19.4. The third-order valence-electron chi connectivity index (χ3n) is 5.91. The zero-order valence-electron chi connectivity index (χ0n) is 17.0. The molecule has 1 saturated carbocycles. The van der Waals surface area contributed by atoms with Crippen LogP contribution in [0.4, 0.5) is 0 Å². The van der Waals surface area contributed by atoms with E-state index in [0.29, 0.717) is 11.0 Å². The number of aliphatic hydroxyl groups is 1. The fourth-order valence-electron chi connectivity index (χ4n) is 3.74. The summed E-state index contributed by atoms with van der Waals surface area (Å²) in [5.41, 5.74) is 0. The van der Waals surface area contributed by atoms with Gasteiger partial charge in [0.15, 0.2) is 0 Å². The smallest absolute Gasteiger partial charge is 0.247 e. The van der Waals surface area contributed by atoms with Crippen molar-refractivity contribution >= 4 is 31.9 Å². The molecule has 1 aromatic rings. The Morgan fingerprint density at radius 1 is 1.41 bits per heavy atom. The van der Waals surface area contributed by atoms with Crippen LogP contribution in [0.25, 0.3) is 0 Å². The molecule has 1 heterocycles. The van der Waals surface area contributed by atoms with Crippen molar-refractivity contribution in [1.29, 1.82) is 0 Å². The monoisotopic (exact) mass is 488 g/mol. The van der Waals surface area contributed by atoms with E-state index >= 15 is 0 Å². The molecule has 0 radical (unpaired) electrons. The van der Waals surface area contributed by atoms with Crippen LogP contribution in [-0.4, -0.2) is 67.5 Å². The van der Waals surface area contributed by atoms with Gasteiger partial charge in [0.1, 0.15) is 16.7 Å². The van der Waals surface area contributed by atoms with E-state index in [-0.39, 0.29) is 47.6 Å². The molecule has 0 aromatic heterocycles. The van der Waals surface area contributed by atoms with Crippen LogP contribution in [0.5, 0.6) is 5.75 Å². The molecule has 2 aliphatic rings. The van der Waals surface area contributed by atoms with Gasteiger partial charge in [0, 0.05) is 35.9 Å². The SMILES string of the molecule is C[C@H]1CN([C@@H](C)CO)S(=O)(=O)c2ccc(Br)cc2O[C@@H]1CN(C)C(=O)C1CCC1. The van der Waals surface area contributed by atoms with E-state index in [1.54, 1.807) is 31.0 Å². The predicted molar refractivity (Wildman–Crippen MR) is 113 cm³/mol. The summed E-state index contributed by atoms with van der Waals surface area (Å²) < 4.78 is 34.8. The van der Waals surface area contributed by atoms with E-state index in [9.17, 15) is 18.3 Å². The molecular weight excluding hydrogens is 460 g/mol. The van der Waals surface area contributed by atoms with Crippen LogP contribution in [-0.2, 0) is 14.8 Å². The number of nitrogens with zero attached hydrogens (tertiary/aromatic N) is 2. The molecule has 9 heteroatoms. The minimum absolute atomic E-state index is 0.0749. The highest BCUT2D eigenvalue weighted by Gasteiger charge is 2.39. The number of benzene rings is 1. The maximum atomic E-state index is 13.3. The lowest BCUT2D eigenvalue weighted by atomic mass is 9.84. The highest BCUT2D eigenvalue weighted by atomic mass is 79.9. The molecule has 7 nitrogen and oxygen atoms in total. The van der Waals surface area contributed by atoms with E-state index in [1.807, 2.05) is 6.92 Å². The number of likely N-dealkylation sites (N-methyl/N-ethyl adjacent to an activating group) is 1. The van der Waals surface area contributed by atoms with Gasteiger partial charge >= 0.3 is 0 Å². The summed E-state index contributed by atoms with van der Waals surface area (Å²) >= 11 is 3.38. The van der Waals surface area contributed by atoms with Crippen LogP contribution in [0, 0.1) is 11.8 Å². The molecule has 1 aliphatic carbocycles. The normalized spacial score (nSPS) is 25.7. The minimum Gasteiger partial charge on any atom is -0.487 e. The summed E-state index contributed by atoms with van der Waals surface area (Å²) in [5, 5.41) is 9.64. The van der Waals surface area contributed by atoms with Crippen LogP contribution in [0.15, 0.2) is 27.6 Å². The molecule has 1 aromatic carbocycles. The molecule has 0 unspecified atom stereocenters. The van der Waals surface area contributed by atoms with E-state index in [4.69, 9.17) is 4.74 Å². The van der Waals surface area contributed by atoms with E-state index < -0.39 is 16.1 Å². The summed E-state index contributed by atoms with van der Waals surface area (Å²) in [6, 6.07) is 4.26. The molecule has 0 spiro atoms. The largest absolute Gasteiger partial charge is 0.487 e. The van der Waals surface area contributed by atoms with Crippen molar-refractivity contribution in [3.05, 3.63) is 22.7 Å². The molecule has 29 heavy (non-hydrogen) atoms. The first-order valence-corrected chi connectivity index (χ1v) is 12.2. The van der Waals surface area contributed by atoms with Crippen LogP contribution in [0.2, 0.25) is 0 Å². The fraction of sp³-hybridized carbons (Fsp3) is 0.650. The number of sulfonamides is 1. The number of carbonyl (C=O) groups is 1. The second-order valence-electron chi connectivity index (χ2n) is 8.18. The molecule has 0 bridgehead atoms. The van der Waals surface area contributed by atoms with Crippen molar-refractivity contribution < 1.29 is 23.1 Å². The fourth-order valence-corrected chi connectivity index (χ4v) is 5.91. The summed E-state index contributed by atoms with van der Waals surface area (Å²) in [4.78, 5) is 14.4. The molecule has 3 atom stereocenters. The van der Waals surface area contributed by atoms with Gasteiger partial charge in [0.2, 0.25) is 15.9 Å². The second-order valence-corrected chi connectivity index (χ2v) is 11.0. The number of hydrogen-bond donors (Lipinski definition) is 1. The number of aliphatic hydroxyl groups excluding tert-OH is 1. The third kappa shape index (κ3) is 4.62. The Morgan fingerprint density at radius 2 is 2.10 bits per heavy atom. The average molecular weight is 489 g/mol. The maximum Gasteiger partial charge on any atom is 0.247 e. The Kier molecular flexibility index (Phi) is 6.92. The first-order valence-electron chi connectivity index (χ1n) is 9.99. The number of carbonyl (C=O) groups excluding carboxylic acids is 1. The molecule has 162 valence electrons. The second kappa shape index (κ2) is 8.91. The summed E-state index contributed by atoms with van der Waals surface area (Å²) in [6.45, 7) is 3.91. The first kappa shape index (κ1) is 22.5. The Bertz CT molecular complexity index is 858. The molecule has 1 fully saturated rings. The molecule has 1 N–H and O–H groups in total. The summed E-state index contributed by atoms with van der Waals surface area (Å²) in [5.74, 6) is 0.298. The van der Waals surface area contributed by atoms with Gasteiger partial charge in [-0.05, 0) is 38.0 Å². The average Bonchev–Trinajstić information content (AvgIpc) is 2.62. The predicted octanol–water partition coefficient (Wildman–Crippen LogP) is 2.48. The molecule has 1 aliphatic heterocycles. The number of hydrogen-bond acceptors (Lipinski definition) is 5. The van der Waals surface area contributed by atoms with Gasteiger partial charge in [0.05, 0.1) is 13.2 Å². The summed E-state index contributed by atoms with van der Waals surface area (Å²) in [6.07, 6.45) is 2.58. The van der Waals surface area contributed by atoms with Crippen LogP contribution in [0.3, 0.4) is 0 Å². The van der Waals surface area contributed by atoms with Gasteiger partial charge in [-0.2, -0.15) is 4.31 Å². The van der Waals surface area contributed by atoms with Crippen LogP contribution >= 0.6 is 15.9 Å². The Labute approximate surface area is 181 Å². The number of rotatable bonds is 5. The van der Waals surface area contributed by atoms with Crippen LogP contribution < -0.4 is 4.74 Å². The Hall–Kier alpha value is -1.16. The zero-order chi connectivity index (χ0) is 21.3. The van der Waals surface area contributed by atoms with Crippen molar-refractivity contribution in [2.75, 3.05) is 26.7 Å². The molecule has 3 rings (SSSR count). The van der Waals surface area contributed by atoms with Crippen molar-refractivity contribution in [1.82, 2.24) is 9.21 Å². The first-order chi connectivity index (χ1) is 13.6. The van der Waals surface area contributed by atoms with Crippen molar-refractivity contribution in [3.8, 4) is 5.75 Å². The standard InChI is InChI=1S/C20H29BrN2O5S/c1-13-10-23(14(2)12-24)29(26,27)19-8-7-16(21)9-17(19)28-18(13)11-22(3)20(25)15-5-4-6-15/h7-9,13-15,18,24H,4-6,10-12H2,1-3H3/t13-,14-,18+/m0/s1. The lowest BCUT2D eigenvalue weighted by molar-refractivity contribution is -0.138. The van der Waals surface area contributed by atoms with Gasteiger partial charge < -0.3 is 14.7 Å². The number of fused-ring (bicyclic) bond motifs is 1. The minimum atomic E-state index is -3.83. The van der Waals surface area contributed by atoms with Crippen molar-refractivity contribution in [2.24, 2.45) is 11.8 Å². The highest BCUT2D eigenvalue weighted by molar-refractivity contribution is 9.10. The highest BCUT2D eigenvalue weighted by Crippen LogP contribution is 2.35. The lowest BCUT2D eigenvalue weighted by Gasteiger charge is -2.38. The van der Waals surface area contributed by atoms with Gasteiger partial charge in [0.25, 0.3) is 0 Å². The maximum absolute atomic E-state index is 13.3. The topological polar surface area (TPSA) is 87.2 Å². The number of halogens is 1. The quantitative estimate of drug-likeness (QED) is 0.687.